The molecule has 0 amide bonds. The Morgan fingerprint density at radius 1 is 1.32 bits per heavy atom. The maximum absolute atomic E-state index is 14.1. The number of carbonyl (C=O) groups is 1. The van der Waals surface area contributed by atoms with Crippen LogP contribution in [0.3, 0.4) is 0 Å². The molecule has 1 unspecified atom stereocenters. The number of aromatic nitrogens is 3. The first-order chi connectivity index (χ1) is 10.4. The van der Waals surface area contributed by atoms with Gasteiger partial charge in [0.2, 0.25) is 0 Å². The van der Waals surface area contributed by atoms with Gasteiger partial charge in [-0.3, -0.25) is 0 Å². The fraction of sp³-hybridized carbons (Fsp3) is 0.357. The largest absolute Gasteiger partial charge is 0.491 e. The molecule has 7 nitrogen and oxygen atoms in total. The van der Waals surface area contributed by atoms with Crippen molar-refractivity contribution in [1.82, 2.24) is 14.8 Å². The molecule has 1 heterocycles. The Bertz CT molecular complexity index is 672. The van der Waals surface area contributed by atoms with Gasteiger partial charge < -0.3 is 14.6 Å². The van der Waals surface area contributed by atoms with Crippen LogP contribution in [-0.2, 0) is 4.79 Å². The van der Waals surface area contributed by atoms with E-state index in [2.05, 4.69) is 10.1 Å². The Morgan fingerprint density at radius 3 is 2.64 bits per heavy atom. The summed E-state index contributed by atoms with van der Waals surface area (Å²) in [5, 5.41) is 12.6. The van der Waals surface area contributed by atoms with Crippen molar-refractivity contribution < 1.29 is 23.8 Å². The molecule has 2 rings (SSSR count). The molecule has 0 bridgehead atoms. The molecule has 0 aliphatic rings. The van der Waals surface area contributed by atoms with E-state index in [0.717, 1.165) is 0 Å². The average molecular weight is 309 g/mol. The molecule has 2 aromatic rings. The Hall–Kier alpha value is -2.64. The van der Waals surface area contributed by atoms with Crippen LogP contribution >= 0.6 is 0 Å². The fourth-order valence-corrected chi connectivity index (χ4v) is 1.65. The Labute approximate surface area is 126 Å². The molecule has 1 aromatic carbocycles. The molecule has 0 saturated carbocycles. The van der Waals surface area contributed by atoms with Crippen LogP contribution in [0, 0.1) is 5.82 Å². The van der Waals surface area contributed by atoms with Gasteiger partial charge in [0, 0.05) is 6.07 Å². The lowest BCUT2D eigenvalue weighted by Crippen LogP contribution is -2.23. The van der Waals surface area contributed by atoms with Crippen LogP contribution in [0.2, 0.25) is 0 Å². The summed E-state index contributed by atoms with van der Waals surface area (Å²) < 4.78 is 25.6. The summed E-state index contributed by atoms with van der Waals surface area (Å²) >= 11 is 0. The van der Waals surface area contributed by atoms with Crippen molar-refractivity contribution in [3.8, 4) is 17.4 Å². The van der Waals surface area contributed by atoms with E-state index < -0.39 is 17.9 Å². The van der Waals surface area contributed by atoms with Crippen molar-refractivity contribution in [1.29, 1.82) is 0 Å². The topological polar surface area (TPSA) is 86.5 Å². The van der Waals surface area contributed by atoms with E-state index in [1.165, 1.54) is 30.1 Å². The number of carboxylic acids is 1. The number of halogens is 1. The van der Waals surface area contributed by atoms with E-state index in [9.17, 15) is 9.18 Å². The summed E-state index contributed by atoms with van der Waals surface area (Å²) in [6.45, 7) is 5.04. The second-order valence-electron chi connectivity index (χ2n) is 4.85. The SMILES string of the molecule is CC(C)Oc1ccc(-n2cnc(OC(C)C(=O)O)n2)c(F)c1. The van der Waals surface area contributed by atoms with Gasteiger partial charge in [-0.05, 0) is 32.9 Å². The molecule has 0 saturated heterocycles. The van der Waals surface area contributed by atoms with E-state index in [1.807, 2.05) is 13.8 Å². The molecule has 118 valence electrons. The number of ether oxygens (including phenoxy) is 2. The highest BCUT2D eigenvalue weighted by molar-refractivity contribution is 5.72. The summed E-state index contributed by atoms with van der Waals surface area (Å²) in [5.74, 6) is -1.27. The summed E-state index contributed by atoms with van der Waals surface area (Å²) in [4.78, 5) is 14.5. The molecule has 0 fully saturated rings. The minimum Gasteiger partial charge on any atom is -0.491 e. The smallest absolute Gasteiger partial charge is 0.344 e. The van der Waals surface area contributed by atoms with Crippen LogP contribution in [0.5, 0.6) is 11.8 Å². The van der Waals surface area contributed by atoms with Gasteiger partial charge in [-0.25, -0.2) is 13.9 Å². The Morgan fingerprint density at radius 2 is 2.05 bits per heavy atom. The third-order valence-corrected chi connectivity index (χ3v) is 2.64. The monoisotopic (exact) mass is 309 g/mol. The predicted molar refractivity (Wildman–Crippen MR) is 74.8 cm³/mol. The van der Waals surface area contributed by atoms with Crippen molar-refractivity contribution in [2.45, 2.75) is 33.0 Å². The zero-order valence-electron chi connectivity index (χ0n) is 12.4. The molecule has 1 atom stereocenters. The fourth-order valence-electron chi connectivity index (χ4n) is 1.65. The third-order valence-electron chi connectivity index (χ3n) is 2.64. The van der Waals surface area contributed by atoms with Crippen LogP contribution in [0.1, 0.15) is 20.8 Å². The lowest BCUT2D eigenvalue weighted by atomic mass is 10.3. The molecule has 0 aliphatic heterocycles. The van der Waals surface area contributed by atoms with Gasteiger partial charge in [0.05, 0.1) is 6.10 Å². The molecule has 8 heteroatoms. The molecule has 1 aromatic heterocycles. The van der Waals surface area contributed by atoms with Gasteiger partial charge >= 0.3 is 12.0 Å². The molecule has 0 spiro atoms. The highest BCUT2D eigenvalue weighted by atomic mass is 19.1. The van der Waals surface area contributed by atoms with Crippen LogP contribution in [0.25, 0.3) is 5.69 Å². The van der Waals surface area contributed by atoms with Crippen molar-refractivity contribution >= 4 is 5.97 Å². The number of nitrogens with zero attached hydrogens (tertiary/aromatic N) is 3. The summed E-state index contributed by atoms with van der Waals surface area (Å²) in [7, 11) is 0. The highest BCUT2D eigenvalue weighted by Gasteiger charge is 2.16. The molecule has 22 heavy (non-hydrogen) atoms. The summed E-state index contributed by atoms with van der Waals surface area (Å²) in [5.41, 5.74) is 0.154. The first-order valence-corrected chi connectivity index (χ1v) is 6.64. The van der Waals surface area contributed by atoms with E-state index >= 15 is 0 Å². The number of aliphatic carboxylic acids is 1. The Balaban J connectivity index is 2.18. The van der Waals surface area contributed by atoms with Crippen molar-refractivity contribution in [2.75, 3.05) is 0 Å². The molecule has 0 aliphatic carbocycles. The zero-order chi connectivity index (χ0) is 16.3. The van der Waals surface area contributed by atoms with Crippen LogP contribution in [-0.4, -0.2) is 38.0 Å². The van der Waals surface area contributed by atoms with E-state index in [-0.39, 0.29) is 17.8 Å². The van der Waals surface area contributed by atoms with Gasteiger partial charge in [-0.1, -0.05) is 0 Å². The highest BCUT2D eigenvalue weighted by Crippen LogP contribution is 2.21. The third kappa shape index (κ3) is 3.72. The number of carboxylic acid groups (broad SMARTS) is 1. The first-order valence-electron chi connectivity index (χ1n) is 6.64. The number of rotatable bonds is 6. The quantitative estimate of drug-likeness (QED) is 0.879. The minimum atomic E-state index is -1.14. The standard InChI is InChI=1S/C14H16FN3O4/c1-8(2)21-10-4-5-12(11(15)6-10)18-7-16-14(17-18)22-9(3)13(19)20/h4-9H,1-3H3,(H,19,20). The van der Waals surface area contributed by atoms with Gasteiger partial charge in [-0.15, -0.1) is 5.10 Å². The maximum atomic E-state index is 14.1. The van der Waals surface area contributed by atoms with Crippen molar-refractivity contribution in [3.05, 3.63) is 30.3 Å². The number of benzene rings is 1. The van der Waals surface area contributed by atoms with Crippen molar-refractivity contribution in [3.63, 3.8) is 0 Å². The van der Waals surface area contributed by atoms with Crippen molar-refractivity contribution in [2.24, 2.45) is 0 Å². The second kappa shape index (κ2) is 6.42. The second-order valence-corrected chi connectivity index (χ2v) is 4.85. The average Bonchev–Trinajstić information content (AvgIpc) is 2.86. The summed E-state index contributed by atoms with van der Waals surface area (Å²) in [6, 6.07) is 4.21. The predicted octanol–water partition coefficient (Wildman–Crippen LogP) is 2.05. The first kappa shape index (κ1) is 15.7. The van der Waals surface area contributed by atoms with Gasteiger partial charge in [0.25, 0.3) is 0 Å². The van der Waals surface area contributed by atoms with Crippen LogP contribution < -0.4 is 9.47 Å². The van der Waals surface area contributed by atoms with E-state index in [1.54, 1.807) is 6.07 Å². The number of hydrogen-bond acceptors (Lipinski definition) is 5. The maximum Gasteiger partial charge on any atom is 0.344 e. The van der Waals surface area contributed by atoms with Crippen LogP contribution in [0.15, 0.2) is 24.5 Å². The van der Waals surface area contributed by atoms with Gasteiger partial charge in [-0.2, -0.15) is 4.98 Å². The number of hydrogen-bond donors (Lipinski definition) is 1. The van der Waals surface area contributed by atoms with E-state index in [4.69, 9.17) is 14.6 Å². The normalized spacial score (nSPS) is 12.2. The Kier molecular flexibility index (Phi) is 4.59. The van der Waals surface area contributed by atoms with E-state index in [0.29, 0.717) is 5.75 Å². The van der Waals surface area contributed by atoms with Crippen LogP contribution in [0.4, 0.5) is 4.39 Å². The molecule has 1 N–H and O–H groups in total. The minimum absolute atomic E-state index is 0.0610. The lowest BCUT2D eigenvalue weighted by molar-refractivity contribution is -0.144. The lowest BCUT2D eigenvalue weighted by Gasteiger charge is -2.10. The van der Waals surface area contributed by atoms with Gasteiger partial charge in [0.15, 0.2) is 11.9 Å². The molecule has 0 radical (unpaired) electrons. The zero-order valence-corrected chi connectivity index (χ0v) is 12.4. The van der Waals surface area contributed by atoms with Gasteiger partial charge in [0.1, 0.15) is 17.8 Å². The summed E-state index contributed by atoms with van der Waals surface area (Å²) in [6.07, 6.45) is 0.0855. The molecular formula is C14H16FN3O4. The molecular weight excluding hydrogens is 293 g/mol.